The van der Waals surface area contributed by atoms with Crippen molar-refractivity contribution in [1.29, 1.82) is 5.26 Å². The number of hydrogen-bond donors (Lipinski definition) is 2. The summed E-state index contributed by atoms with van der Waals surface area (Å²) in [5, 5.41) is 28.8. The van der Waals surface area contributed by atoms with Gasteiger partial charge in [-0.05, 0) is 69.5 Å². The molecule has 2 N–H and O–H groups in total. The van der Waals surface area contributed by atoms with Crippen molar-refractivity contribution in [2.75, 3.05) is 5.32 Å². The van der Waals surface area contributed by atoms with E-state index < -0.39 is 20.7 Å². The normalized spacial score (nSPS) is 19.6. The van der Waals surface area contributed by atoms with Crippen molar-refractivity contribution in [2.24, 2.45) is 5.92 Å². The van der Waals surface area contributed by atoms with Gasteiger partial charge in [-0.2, -0.15) is 10.4 Å². The molecule has 1 fully saturated rings. The molecule has 0 saturated heterocycles. The first-order valence-corrected chi connectivity index (χ1v) is 14.3. The standard InChI is InChI=1S/C29H31N5O4S/c1-29(2,3)39(36,37)23-11-9-21(10-12-23)32-27-26-24(34(33-27)25-16-22(35)15-20(25)17-30)13-14-31-28(26)38-18-19-7-5-4-6-8-19/h4-14,20,22,25,35H,15-16,18H2,1-3H3,(H,32,33)/t20-,22?,25-/m0/s1. The van der Waals surface area contributed by atoms with Crippen molar-refractivity contribution < 1.29 is 18.3 Å². The topological polar surface area (TPSA) is 130 Å². The fourth-order valence-electron chi connectivity index (χ4n) is 4.84. The smallest absolute Gasteiger partial charge is 0.227 e. The van der Waals surface area contributed by atoms with Crippen LogP contribution >= 0.6 is 0 Å². The van der Waals surface area contributed by atoms with Crippen LogP contribution in [0.25, 0.3) is 10.9 Å². The summed E-state index contributed by atoms with van der Waals surface area (Å²) in [5.41, 5.74) is 2.34. The number of rotatable bonds is 7. The van der Waals surface area contributed by atoms with E-state index in [2.05, 4.69) is 16.4 Å². The van der Waals surface area contributed by atoms with Crippen LogP contribution in [0.2, 0.25) is 0 Å². The number of anilines is 2. The van der Waals surface area contributed by atoms with Crippen molar-refractivity contribution in [3.05, 3.63) is 72.4 Å². The monoisotopic (exact) mass is 545 g/mol. The molecule has 5 rings (SSSR count). The highest BCUT2D eigenvalue weighted by atomic mass is 32.2. The van der Waals surface area contributed by atoms with Gasteiger partial charge in [0.05, 0.1) is 39.3 Å². The Morgan fingerprint density at radius 1 is 1.10 bits per heavy atom. The largest absolute Gasteiger partial charge is 0.472 e. The molecule has 1 saturated carbocycles. The van der Waals surface area contributed by atoms with Crippen LogP contribution in [-0.2, 0) is 16.4 Å². The Morgan fingerprint density at radius 3 is 2.49 bits per heavy atom. The Bertz CT molecular complexity index is 1620. The third-order valence-corrected chi connectivity index (χ3v) is 9.53. The summed E-state index contributed by atoms with van der Waals surface area (Å²) in [6.07, 6.45) is 1.86. The van der Waals surface area contributed by atoms with E-state index >= 15 is 0 Å². The Labute approximate surface area is 228 Å². The van der Waals surface area contributed by atoms with Crippen molar-refractivity contribution in [3.8, 4) is 11.9 Å². The van der Waals surface area contributed by atoms with E-state index in [4.69, 9.17) is 9.84 Å². The summed E-state index contributed by atoms with van der Waals surface area (Å²) in [6, 6.07) is 20.1. The fraction of sp³-hybridized carbons (Fsp3) is 0.345. The first kappa shape index (κ1) is 26.7. The van der Waals surface area contributed by atoms with Gasteiger partial charge in [0.25, 0.3) is 0 Å². The number of aromatic nitrogens is 3. The molecule has 10 heteroatoms. The number of sulfone groups is 1. The van der Waals surface area contributed by atoms with Gasteiger partial charge in [-0.15, -0.1) is 0 Å². The fourth-order valence-corrected chi connectivity index (χ4v) is 6.04. The Balaban J connectivity index is 1.55. The summed E-state index contributed by atoms with van der Waals surface area (Å²) in [5.74, 6) is 0.453. The summed E-state index contributed by atoms with van der Waals surface area (Å²) < 4.78 is 32.7. The molecule has 9 nitrogen and oxygen atoms in total. The Hall–Kier alpha value is -3.94. The number of benzene rings is 2. The SMILES string of the molecule is CC(C)(C)S(=O)(=O)c1ccc(Nc2nn([C@H]3CC(O)C[C@H]3C#N)c3ccnc(OCc4ccccc4)c23)cc1. The average Bonchev–Trinajstić information content (AvgIpc) is 3.47. The number of nitriles is 1. The number of ether oxygens (including phenoxy) is 1. The molecular formula is C29H31N5O4S. The van der Waals surface area contributed by atoms with E-state index in [1.807, 2.05) is 36.4 Å². The highest BCUT2D eigenvalue weighted by Gasteiger charge is 2.37. The summed E-state index contributed by atoms with van der Waals surface area (Å²) >= 11 is 0. The predicted molar refractivity (Wildman–Crippen MR) is 148 cm³/mol. The average molecular weight is 546 g/mol. The first-order chi connectivity index (χ1) is 18.6. The van der Waals surface area contributed by atoms with Gasteiger partial charge in [0.1, 0.15) is 12.0 Å². The van der Waals surface area contributed by atoms with Crippen LogP contribution in [0.5, 0.6) is 5.88 Å². The molecular weight excluding hydrogens is 514 g/mol. The lowest BCUT2D eigenvalue weighted by atomic mass is 10.1. The summed E-state index contributed by atoms with van der Waals surface area (Å²) in [6.45, 7) is 5.32. The number of nitrogens with zero attached hydrogens (tertiary/aromatic N) is 4. The molecule has 1 unspecified atom stereocenters. The van der Waals surface area contributed by atoms with Gasteiger partial charge in [-0.1, -0.05) is 30.3 Å². The van der Waals surface area contributed by atoms with Crippen molar-refractivity contribution >= 4 is 32.2 Å². The highest BCUT2D eigenvalue weighted by molar-refractivity contribution is 7.92. The molecule has 2 aromatic carbocycles. The minimum Gasteiger partial charge on any atom is -0.472 e. The molecule has 0 spiro atoms. The zero-order valence-electron chi connectivity index (χ0n) is 22.1. The van der Waals surface area contributed by atoms with Crippen LogP contribution in [0.1, 0.15) is 45.2 Å². The van der Waals surface area contributed by atoms with Gasteiger partial charge in [0.2, 0.25) is 5.88 Å². The van der Waals surface area contributed by atoms with Crippen molar-refractivity contribution in [3.63, 3.8) is 0 Å². The van der Waals surface area contributed by atoms with Crippen LogP contribution in [0.3, 0.4) is 0 Å². The van der Waals surface area contributed by atoms with Gasteiger partial charge >= 0.3 is 0 Å². The molecule has 2 aromatic heterocycles. The number of hydrogen-bond acceptors (Lipinski definition) is 8. The molecule has 0 aliphatic heterocycles. The van der Waals surface area contributed by atoms with Crippen LogP contribution in [-0.4, -0.2) is 39.1 Å². The van der Waals surface area contributed by atoms with E-state index in [0.717, 1.165) is 11.1 Å². The second-order valence-electron chi connectivity index (χ2n) is 10.8. The third kappa shape index (κ3) is 5.20. The lowest BCUT2D eigenvalue weighted by Crippen LogP contribution is -2.27. The van der Waals surface area contributed by atoms with Crippen LogP contribution < -0.4 is 10.1 Å². The number of nitrogens with one attached hydrogen (secondary N) is 1. The van der Waals surface area contributed by atoms with Crippen LogP contribution in [0.15, 0.2) is 71.8 Å². The van der Waals surface area contributed by atoms with Gasteiger partial charge in [-0.25, -0.2) is 13.4 Å². The number of pyridine rings is 1. The maximum atomic E-state index is 12.9. The van der Waals surface area contributed by atoms with Crippen molar-refractivity contribution in [1.82, 2.24) is 14.8 Å². The highest BCUT2D eigenvalue weighted by Crippen LogP contribution is 2.41. The van der Waals surface area contributed by atoms with Crippen molar-refractivity contribution in [2.45, 2.75) is 62.0 Å². The van der Waals surface area contributed by atoms with E-state index in [1.54, 1.807) is 55.9 Å². The molecule has 1 aliphatic rings. The molecule has 0 bridgehead atoms. The molecule has 0 amide bonds. The van der Waals surface area contributed by atoms with Crippen LogP contribution in [0, 0.1) is 17.2 Å². The lowest BCUT2D eigenvalue weighted by molar-refractivity contribution is 0.176. The minimum atomic E-state index is -3.49. The number of aliphatic hydroxyl groups is 1. The first-order valence-electron chi connectivity index (χ1n) is 12.8. The number of aliphatic hydroxyl groups excluding tert-OH is 1. The zero-order chi connectivity index (χ0) is 27.8. The second-order valence-corrected chi connectivity index (χ2v) is 13.5. The van der Waals surface area contributed by atoms with E-state index in [0.29, 0.717) is 42.2 Å². The van der Waals surface area contributed by atoms with E-state index in [-0.39, 0.29) is 16.9 Å². The number of fused-ring (bicyclic) bond motifs is 1. The lowest BCUT2D eigenvalue weighted by Gasteiger charge is -2.19. The quantitative estimate of drug-likeness (QED) is 0.326. The van der Waals surface area contributed by atoms with Crippen LogP contribution in [0.4, 0.5) is 11.5 Å². The Morgan fingerprint density at radius 2 is 1.82 bits per heavy atom. The molecule has 1 aliphatic carbocycles. The van der Waals surface area contributed by atoms with Gasteiger partial charge in [-0.3, -0.25) is 4.68 Å². The molecule has 202 valence electrons. The maximum Gasteiger partial charge on any atom is 0.227 e. The van der Waals surface area contributed by atoms with Gasteiger partial charge in [0, 0.05) is 11.9 Å². The van der Waals surface area contributed by atoms with Gasteiger partial charge in [0.15, 0.2) is 15.7 Å². The van der Waals surface area contributed by atoms with E-state index in [1.165, 1.54) is 0 Å². The summed E-state index contributed by atoms with van der Waals surface area (Å²) in [4.78, 5) is 4.72. The third-order valence-electron chi connectivity index (χ3n) is 7.02. The maximum absolute atomic E-state index is 12.9. The van der Waals surface area contributed by atoms with Gasteiger partial charge < -0.3 is 15.2 Å². The predicted octanol–water partition coefficient (Wildman–Crippen LogP) is 5.16. The zero-order valence-corrected chi connectivity index (χ0v) is 22.9. The molecule has 39 heavy (non-hydrogen) atoms. The Kier molecular flexibility index (Phi) is 7.05. The summed E-state index contributed by atoms with van der Waals surface area (Å²) in [7, 11) is -3.49. The molecule has 2 heterocycles. The minimum absolute atomic E-state index is 0.237. The van der Waals surface area contributed by atoms with E-state index in [9.17, 15) is 18.8 Å². The molecule has 3 atom stereocenters. The molecule has 4 aromatic rings. The molecule has 0 radical (unpaired) electrons. The second kappa shape index (κ2) is 10.3.